The van der Waals surface area contributed by atoms with Crippen LogP contribution in [0.4, 0.5) is 11.5 Å². The highest BCUT2D eigenvalue weighted by Gasteiger charge is 2.43. The molecule has 0 saturated carbocycles. The summed E-state index contributed by atoms with van der Waals surface area (Å²) >= 11 is 0. The maximum absolute atomic E-state index is 13.5. The molecule has 1 aliphatic carbocycles. The van der Waals surface area contributed by atoms with Crippen LogP contribution >= 0.6 is 0 Å². The summed E-state index contributed by atoms with van der Waals surface area (Å²) < 4.78 is 0. The summed E-state index contributed by atoms with van der Waals surface area (Å²) in [4.78, 5) is 42.0. The fourth-order valence-corrected chi connectivity index (χ4v) is 4.61. The highest BCUT2D eigenvalue weighted by Crippen LogP contribution is 2.47. The number of nitro benzene ring substituents is 1. The van der Waals surface area contributed by atoms with E-state index in [1.807, 2.05) is 26.8 Å². The molecule has 8 nitrogen and oxygen atoms in total. The largest absolute Gasteiger partial charge is 0.362 e. The minimum absolute atomic E-state index is 0.0588. The van der Waals surface area contributed by atoms with Crippen molar-refractivity contribution < 1.29 is 14.5 Å². The first-order valence-corrected chi connectivity index (χ1v) is 10.8. The number of nitrogens with one attached hydrogen (secondary N) is 2. The summed E-state index contributed by atoms with van der Waals surface area (Å²) in [6.45, 7) is 7.75. The zero-order valence-corrected chi connectivity index (χ0v) is 19.1. The molecule has 0 fully saturated rings. The monoisotopic (exact) mass is 446 g/mol. The van der Waals surface area contributed by atoms with Crippen LogP contribution in [0.2, 0.25) is 0 Å². The van der Waals surface area contributed by atoms with E-state index in [4.69, 9.17) is 0 Å². The third kappa shape index (κ3) is 4.41. The molecule has 2 heterocycles. The van der Waals surface area contributed by atoms with Crippen LogP contribution in [-0.2, 0) is 9.59 Å². The number of pyridine rings is 1. The van der Waals surface area contributed by atoms with E-state index in [1.54, 1.807) is 31.3 Å². The number of Topliss-reactive ketones (excluding diaryl/α,β-unsaturated/α-hetero) is 1. The van der Waals surface area contributed by atoms with E-state index in [0.29, 0.717) is 41.1 Å². The van der Waals surface area contributed by atoms with Gasteiger partial charge in [-0.15, -0.1) is 0 Å². The van der Waals surface area contributed by atoms with E-state index in [0.717, 1.165) is 11.3 Å². The molecule has 8 heteroatoms. The van der Waals surface area contributed by atoms with Gasteiger partial charge in [0.2, 0.25) is 0 Å². The molecule has 4 rings (SSSR count). The summed E-state index contributed by atoms with van der Waals surface area (Å²) in [5.41, 5.74) is 3.43. The molecule has 1 aromatic carbocycles. The van der Waals surface area contributed by atoms with Crippen LogP contribution in [0.1, 0.15) is 50.7 Å². The number of dihydropyridines is 1. The van der Waals surface area contributed by atoms with Crippen LogP contribution in [0.5, 0.6) is 0 Å². The van der Waals surface area contributed by atoms with E-state index < -0.39 is 16.7 Å². The zero-order valence-electron chi connectivity index (χ0n) is 19.1. The Morgan fingerprint density at radius 3 is 2.64 bits per heavy atom. The second-order valence-electron chi connectivity index (χ2n) is 9.46. The van der Waals surface area contributed by atoms with Crippen molar-refractivity contribution in [3.63, 3.8) is 0 Å². The molecule has 170 valence electrons. The molecular formula is C25H26N4O4. The predicted octanol–water partition coefficient (Wildman–Crippen LogP) is 4.54. The smallest absolute Gasteiger partial charge is 0.269 e. The van der Waals surface area contributed by atoms with E-state index in [1.165, 1.54) is 12.1 Å². The highest BCUT2D eigenvalue weighted by molar-refractivity contribution is 6.09. The van der Waals surface area contributed by atoms with Crippen LogP contribution in [0.25, 0.3) is 0 Å². The van der Waals surface area contributed by atoms with E-state index >= 15 is 0 Å². The van der Waals surface area contributed by atoms with E-state index in [9.17, 15) is 19.7 Å². The number of carbonyl (C=O) groups is 2. The molecular weight excluding hydrogens is 420 g/mol. The standard InChI is InChI=1S/C25H26N4O4/c1-14-8-9-20(26-13-14)28-24(31)21-15(2)27-18-11-25(3,4)12-19(30)23(18)22(21)16-6-5-7-17(10-16)29(32)33/h5-10,13,22,27H,11-12H2,1-4H3,(H,26,28,31). The number of carbonyl (C=O) groups excluding carboxylic acids is 2. The van der Waals surface area contributed by atoms with Crippen molar-refractivity contribution in [1.82, 2.24) is 10.3 Å². The average molecular weight is 447 g/mol. The first-order valence-electron chi connectivity index (χ1n) is 10.8. The van der Waals surface area contributed by atoms with E-state index in [-0.39, 0.29) is 16.9 Å². The van der Waals surface area contributed by atoms with Gasteiger partial charge >= 0.3 is 0 Å². The molecule has 1 amide bonds. The van der Waals surface area contributed by atoms with Gasteiger partial charge in [-0.2, -0.15) is 0 Å². The number of amides is 1. The molecule has 1 aromatic heterocycles. The molecule has 0 radical (unpaired) electrons. The predicted molar refractivity (Wildman–Crippen MR) is 124 cm³/mol. The topological polar surface area (TPSA) is 114 Å². The fraction of sp³-hybridized carbons (Fsp3) is 0.320. The van der Waals surface area contributed by atoms with Crippen molar-refractivity contribution in [2.24, 2.45) is 5.41 Å². The van der Waals surface area contributed by atoms with Crippen LogP contribution in [0.15, 0.2) is 65.1 Å². The Bertz CT molecular complexity index is 1230. The maximum Gasteiger partial charge on any atom is 0.269 e. The lowest BCUT2D eigenvalue weighted by Crippen LogP contribution is -2.39. The first-order chi connectivity index (χ1) is 15.6. The maximum atomic E-state index is 13.5. The third-order valence-electron chi connectivity index (χ3n) is 6.05. The van der Waals surface area contributed by atoms with Crippen molar-refractivity contribution in [2.45, 2.75) is 46.5 Å². The summed E-state index contributed by atoms with van der Waals surface area (Å²) in [5.74, 6) is -0.789. The molecule has 2 N–H and O–H groups in total. The van der Waals surface area contributed by atoms with Crippen LogP contribution in [0, 0.1) is 22.5 Å². The van der Waals surface area contributed by atoms with Gasteiger partial charge in [0.1, 0.15) is 5.82 Å². The molecule has 1 unspecified atom stereocenters. The number of aryl methyl sites for hydroxylation is 1. The van der Waals surface area contributed by atoms with Gasteiger partial charge in [-0.1, -0.05) is 32.0 Å². The number of nitrogens with zero attached hydrogens (tertiary/aromatic N) is 2. The molecule has 1 atom stereocenters. The van der Waals surface area contributed by atoms with Crippen molar-refractivity contribution in [3.8, 4) is 0 Å². The molecule has 33 heavy (non-hydrogen) atoms. The quantitative estimate of drug-likeness (QED) is 0.526. The van der Waals surface area contributed by atoms with E-state index in [2.05, 4.69) is 15.6 Å². The van der Waals surface area contributed by atoms with Gasteiger partial charge in [0, 0.05) is 53.2 Å². The molecule has 2 aliphatic rings. The highest BCUT2D eigenvalue weighted by atomic mass is 16.6. The fourth-order valence-electron chi connectivity index (χ4n) is 4.61. The second kappa shape index (κ2) is 8.27. The van der Waals surface area contributed by atoms with Gasteiger partial charge in [0.15, 0.2) is 5.78 Å². The Labute approximate surface area is 192 Å². The number of rotatable bonds is 4. The van der Waals surface area contributed by atoms with Crippen molar-refractivity contribution in [2.75, 3.05) is 5.32 Å². The van der Waals surface area contributed by atoms with Gasteiger partial charge in [0.05, 0.1) is 4.92 Å². The molecule has 0 saturated heterocycles. The van der Waals surface area contributed by atoms with Gasteiger partial charge in [-0.25, -0.2) is 4.98 Å². The number of hydrogen-bond donors (Lipinski definition) is 2. The lowest BCUT2D eigenvalue weighted by Gasteiger charge is -2.39. The third-order valence-corrected chi connectivity index (χ3v) is 6.05. The Balaban J connectivity index is 1.83. The molecule has 0 bridgehead atoms. The number of non-ortho nitro benzene ring substituents is 1. The van der Waals surface area contributed by atoms with Gasteiger partial charge < -0.3 is 10.6 Å². The van der Waals surface area contributed by atoms with Crippen LogP contribution in [-0.4, -0.2) is 21.6 Å². The lowest BCUT2D eigenvalue weighted by molar-refractivity contribution is -0.384. The number of anilines is 1. The molecule has 0 spiro atoms. The zero-order chi connectivity index (χ0) is 23.9. The summed E-state index contributed by atoms with van der Waals surface area (Å²) in [5, 5.41) is 17.5. The second-order valence-corrected chi connectivity index (χ2v) is 9.46. The Hall–Kier alpha value is -3.81. The molecule has 2 aromatic rings. The van der Waals surface area contributed by atoms with Gasteiger partial charge in [-0.3, -0.25) is 19.7 Å². The van der Waals surface area contributed by atoms with Gasteiger partial charge in [-0.05, 0) is 42.9 Å². The number of allylic oxidation sites excluding steroid dienone is 3. The van der Waals surface area contributed by atoms with Crippen LogP contribution in [0.3, 0.4) is 0 Å². The lowest BCUT2D eigenvalue weighted by atomic mass is 9.68. The minimum Gasteiger partial charge on any atom is -0.362 e. The number of aromatic nitrogens is 1. The van der Waals surface area contributed by atoms with Crippen molar-refractivity contribution >= 4 is 23.2 Å². The number of hydrogen-bond acceptors (Lipinski definition) is 6. The Morgan fingerprint density at radius 1 is 1.21 bits per heavy atom. The molecule has 1 aliphatic heterocycles. The Kier molecular flexibility index (Phi) is 5.61. The minimum atomic E-state index is -0.713. The SMILES string of the molecule is CC1=C(C(=O)Nc2ccc(C)cn2)C(c2cccc([N+](=O)[O-])c2)C2=C(CC(C)(C)CC2=O)N1. The summed E-state index contributed by atoms with van der Waals surface area (Å²) in [6, 6.07) is 9.70. The summed E-state index contributed by atoms with van der Waals surface area (Å²) in [6.07, 6.45) is 2.64. The van der Waals surface area contributed by atoms with Gasteiger partial charge in [0.25, 0.3) is 11.6 Å². The summed E-state index contributed by atoms with van der Waals surface area (Å²) in [7, 11) is 0. The number of ketones is 1. The number of nitro groups is 1. The number of benzene rings is 1. The van der Waals surface area contributed by atoms with Crippen molar-refractivity contribution in [1.29, 1.82) is 0 Å². The Morgan fingerprint density at radius 2 is 1.97 bits per heavy atom. The van der Waals surface area contributed by atoms with Crippen LogP contribution < -0.4 is 10.6 Å². The van der Waals surface area contributed by atoms with Crippen molar-refractivity contribution in [3.05, 3.63) is 86.4 Å². The first kappa shape index (κ1) is 22.4. The normalized spacial score (nSPS) is 19.6. The average Bonchev–Trinajstić information content (AvgIpc) is 2.73.